The topological polar surface area (TPSA) is 50.5 Å². The molecule has 33 heavy (non-hydrogen) atoms. The second kappa shape index (κ2) is 9.79. The van der Waals surface area contributed by atoms with Crippen LogP contribution in [0.25, 0.3) is 33.7 Å². The number of methoxy groups -OCH3 is 1. The predicted molar refractivity (Wildman–Crippen MR) is 133 cm³/mol. The molecule has 3 heterocycles. The van der Waals surface area contributed by atoms with Crippen molar-refractivity contribution in [3.05, 3.63) is 83.7 Å². The van der Waals surface area contributed by atoms with E-state index in [1.165, 1.54) is 5.56 Å². The Morgan fingerprint density at radius 1 is 0.970 bits per heavy atom. The van der Waals surface area contributed by atoms with Gasteiger partial charge in [-0.05, 0) is 35.4 Å². The second-order valence-corrected chi connectivity index (χ2v) is 8.58. The van der Waals surface area contributed by atoms with Gasteiger partial charge in [0.05, 0.1) is 24.1 Å². The van der Waals surface area contributed by atoms with E-state index in [1.807, 2.05) is 42.6 Å². The molecule has 1 fully saturated rings. The first-order chi connectivity index (χ1) is 16.2. The molecule has 1 saturated heterocycles. The molecule has 1 aliphatic rings. The normalized spacial score (nSPS) is 14.4. The van der Waals surface area contributed by atoms with E-state index in [0.717, 1.165) is 66.4 Å². The van der Waals surface area contributed by atoms with E-state index in [-0.39, 0.29) is 0 Å². The van der Waals surface area contributed by atoms with Gasteiger partial charge in [0, 0.05) is 55.6 Å². The number of hydrogen-bond donors (Lipinski definition) is 1. The molecule has 0 bridgehead atoms. The van der Waals surface area contributed by atoms with Gasteiger partial charge >= 0.3 is 0 Å². The summed E-state index contributed by atoms with van der Waals surface area (Å²) >= 11 is 6.28. The third kappa shape index (κ3) is 4.81. The maximum absolute atomic E-state index is 6.28. The highest BCUT2D eigenvalue weighted by molar-refractivity contribution is 6.32. The van der Waals surface area contributed by atoms with E-state index < -0.39 is 0 Å². The molecule has 4 aromatic rings. The number of ether oxygens (including phenoxy) is 1. The van der Waals surface area contributed by atoms with Crippen molar-refractivity contribution in [1.29, 1.82) is 0 Å². The summed E-state index contributed by atoms with van der Waals surface area (Å²) in [6.45, 7) is 5.28. The van der Waals surface area contributed by atoms with E-state index in [1.54, 1.807) is 13.4 Å². The number of rotatable bonds is 6. The van der Waals surface area contributed by atoms with Crippen LogP contribution in [-0.4, -0.2) is 43.2 Å². The van der Waals surface area contributed by atoms with Gasteiger partial charge in [-0.3, -0.25) is 9.88 Å². The van der Waals surface area contributed by atoms with Crippen molar-refractivity contribution in [3.8, 4) is 39.5 Å². The molecule has 0 unspecified atom stereocenters. The fraction of sp³-hybridized carbons (Fsp3) is 0.222. The van der Waals surface area contributed by atoms with Crippen molar-refractivity contribution < 1.29 is 9.15 Å². The lowest BCUT2D eigenvalue weighted by molar-refractivity contribution is 0.233. The quantitative estimate of drug-likeness (QED) is 0.398. The van der Waals surface area contributed by atoms with Crippen LogP contribution in [0, 0.1) is 0 Å². The van der Waals surface area contributed by atoms with Gasteiger partial charge in [0.2, 0.25) is 0 Å². The van der Waals surface area contributed by atoms with Crippen molar-refractivity contribution in [1.82, 2.24) is 15.2 Å². The summed E-state index contributed by atoms with van der Waals surface area (Å²) in [6.07, 6.45) is 3.58. The predicted octanol–water partition coefficient (Wildman–Crippen LogP) is 5.74. The Labute approximate surface area is 199 Å². The van der Waals surface area contributed by atoms with E-state index in [9.17, 15) is 0 Å². The highest BCUT2D eigenvalue weighted by Gasteiger charge is 2.14. The molecule has 0 aliphatic carbocycles. The van der Waals surface area contributed by atoms with Gasteiger partial charge in [-0.25, -0.2) is 0 Å². The number of pyridine rings is 1. The monoisotopic (exact) mass is 459 g/mol. The average molecular weight is 460 g/mol. The summed E-state index contributed by atoms with van der Waals surface area (Å²) < 4.78 is 11.1. The van der Waals surface area contributed by atoms with Crippen LogP contribution in [0.4, 0.5) is 0 Å². The molecule has 1 aliphatic heterocycles. The highest BCUT2D eigenvalue weighted by Crippen LogP contribution is 2.34. The first-order valence-corrected chi connectivity index (χ1v) is 11.5. The Hall–Kier alpha value is -3.12. The minimum absolute atomic E-state index is 0.580. The smallest absolute Gasteiger partial charge is 0.143 e. The zero-order chi connectivity index (χ0) is 22.6. The second-order valence-electron chi connectivity index (χ2n) is 8.17. The van der Waals surface area contributed by atoms with Crippen molar-refractivity contribution >= 4 is 11.6 Å². The fourth-order valence-corrected chi connectivity index (χ4v) is 4.45. The summed E-state index contributed by atoms with van der Waals surface area (Å²) in [6, 6.07) is 20.4. The van der Waals surface area contributed by atoms with Crippen LogP contribution in [0.15, 0.2) is 77.5 Å². The fourth-order valence-electron chi connectivity index (χ4n) is 4.19. The molecule has 0 saturated carbocycles. The lowest BCUT2D eigenvalue weighted by Gasteiger charge is -2.27. The number of nitrogens with zero attached hydrogens (tertiary/aromatic N) is 2. The summed E-state index contributed by atoms with van der Waals surface area (Å²) in [5.41, 5.74) is 6.19. The van der Waals surface area contributed by atoms with E-state index >= 15 is 0 Å². The first-order valence-electron chi connectivity index (χ1n) is 11.1. The zero-order valence-corrected chi connectivity index (χ0v) is 19.3. The molecule has 6 heteroatoms. The molecule has 2 aromatic carbocycles. The molecule has 5 rings (SSSR count). The molecule has 2 aromatic heterocycles. The number of aromatic nitrogens is 1. The third-order valence-electron chi connectivity index (χ3n) is 6.02. The average Bonchev–Trinajstić information content (AvgIpc) is 3.35. The standard InChI is InChI=1S/C27H26ClN3O2/c1-32-26-9-7-21(16-24(26)28)22-6-8-25(30-17-22)23-10-15-33-27(23)20-4-2-19(3-5-20)18-31-13-11-29-12-14-31/h2-10,15-17,29H,11-14,18H2,1H3. The van der Waals surface area contributed by atoms with Gasteiger partial charge in [0.15, 0.2) is 0 Å². The third-order valence-corrected chi connectivity index (χ3v) is 6.32. The lowest BCUT2D eigenvalue weighted by atomic mass is 10.0. The molecule has 0 amide bonds. The van der Waals surface area contributed by atoms with E-state index in [4.69, 9.17) is 25.7 Å². The number of hydrogen-bond acceptors (Lipinski definition) is 5. The molecule has 168 valence electrons. The Bertz CT molecular complexity index is 1210. The molecule has 5 nitrogen and oxygen atoms in total. The van der Waals surface area contributed by atoms with Gasteiger partial charge in [-0.15, -0.1) is 0 Å². The molecule has 0 spiro atoms. The van der Waals surface area contributed by atoms with Crippen LogP contribution in [0.3, 0.4) is 0 Å². The number of halogens is 1. The zero-order valence-electron chi connectivity index (χ0n) is 18.6. The Morgan fingerprint density at radius 2 is 1.73 bits per heavy atom. The highest BCUT2D eigenvalue weighted by atomic mass is 35.5. The summed E-state index contributed by atoms with van der Waals surface area (Å²) in [5, 5.41) is 3.98. The minimum Gasteiger partial charge on any atom is -0.495 e. The van der Waals surface area contributed by atoms with Gasteiger partial charge in [-0.2, -0.15) is 0 Å². The lowest BCUT2D eigenvalue weighted by Crippen LogP contribution is -2.42. The van der Waals surface area contributed by atoms with Crippen molar-refractivity contribution in [2.45, 2.75) is 6.54 Å². The van der Waals surface area contributed by atoms with Gasteiger partial charge in [-0.1, -0.05) is 48.0 Å². The number of nitrogens with one attached hydrogen (secondary N) is 1. The Morgan fingerprint density at radius 3 is 2.42 bits per heavy atom. The van der Waals surface area contributed by atoms with E-state index in [0.29, 0.717) is 10.8 Å². The number of piperazine rings is 1. The molecule has 0 atom stereocenters. The van der Waals surface area contributed by atoms with Crippen LogP contribution < -0.4 is 10.1 Å². The van der Waals surface area contributed by atoms with Crippen LogP contribution in [0.1, 0.15) is 5.56 Å². The van der Waals surface area contributed by atoms with Gasteiger partial charge in [0.25, 0.3) is 0 Å². The Balaban J connectivity index is 1.34. The van der Waals surface area contributed by atoms with Crippen molar-refractivity contribution in [2.75, 3.05) is 33.3 Å². The maximum Gasteiger partial charge on any atom is 0.143 e. The molecule has 1 N–H and O–H groups in total. The van der Waals surface area contributed by atoms with Gasteiger partial charge in [0.1, 0.15) is 11.5 Å². The largest absolute Gasteiger partial charge is 0.495 e. The van der Waals surface area contributed by atoms with Crippen LogP contribution in [0.5, 0.6) is 5.75 Å². The summed E-state index contributed by atoms with van der Waals surface area (Å²) in [7, 11) is 1.61. The number of benzene rings is 2. The molecular formula is C27H26ClN3O2. The van der Waals surface area contributed by atoms with Crippen LogP contribution >= 0.6 is 11.6 Å². The van der Waals surface area contributed by atoms with Gasteiger partial charge < -0.3 is 14.5 Å². The van der Waals surface area contributed by atoms with E-state index in [2.05, 4.69) is 34.5 Å². The molecule has 0 radical (unpaired) electrons. The first kappa shape index (κ1) is 21.7. The van der Waals surface area contributed by atoms with Crippen molar-refractivity contribution in [3.63, 3.8) is 0 Å². The number of furan rings is 1. The minimum atomic E-state index is 0.580. The van der Waals surface area contributed by atoms with Crippen molar-refractivity contribution in [2.24, 2.45) is 0 Å². The SMILES string of the molecule is COc1ccc(-c2ccc(-c3ccoc3-c3ccc(CN4CCNCC4)cc3)nc2)cc1Cl. The summed E-state index contributed by atoms with van der Waals surface area (Å²) in [4.78, 5) is 7.18. The summed E-state index contributed by atoms with van der Waals surface area (Å²) in [5.74, 6) is 1.49. The Kier molecular flexibility index (Phi) is 6.44. The van der Waals surface area contributed by atoms with Crippen LogP contribution in [-0.2, 0) is 6.54 Å². The van der Waals surface area contributed by atoms with Crippen LogP contribution in [0.2, 0.25) is 5.02 Å². The molecular weight excluding hydrogens is 434 g/mol. The maximum atomic E-state index is 6.28.